The number of carboxylic acid groups (broad SMARTS) is 1. The van der Waals surface area contributed by atoms with Gasteiger partial charge in [0.25, 0.3) is 12.4 Å². The molecule has 29 heavy (non-hydrogen) atoms. The standard InChI is InChI=1S/C19H20N6O.CH2O2/c26-19-16-14(7-9-21-19)18(24-17(23-16)12-4-5-12)20-8-6-13-11-25-10-2-1-3-15(25)22-13;2-1-3/h1-3,10-12H,4-9H2,(H,21,26)(H,20,23,24);1H,(H,2,3). The summed E-state index contributed by atoms with van der Waals surface area (Å²) in [5, 5.41) is 13.2. The van der Waals surface area contributed by atoms with Crippen molar-refractivity contribution < 1.29 is 14.7 Å². The van der Waals surface area contributed by atoms with Gasteiger partial charge in [-0.15, -0.1) is 0 Å². The van der Waals surface area contributed by atoms with E-state index in [1.54, 1.807) is 0 Å². The Morgan fingerprint density at radius 3 is 2.86 bits per heavy atom. The van der Waals surface area contributed by atoms with Crippen molar-refractivity contribution >= 4 is 23.8 Å². The van der Waals surface area contributed by atoms with Gasteiger partial charge in [-0.05, 0) is 31.4 Å². The maximum atomic E-state index is 12.2. The fourth-order valence-electron chi connectivity index (χ4n) is 3.40. The van der Waals surface area contributed by atoms with Crippen molar-refractivity contribution in [3.05, 3.63) is 53.4 Å². The molecule has 0 bridgehead atoms. The molecule has 0 saturated heterocycles. The van der Waals surface area contributed by atoms with Crippen molar-refractivity contribution in [2.24, 2.45) is 0 Å². The summed E-state index contributed by atoms with van der Waals surface area (Å²) < 4.78 is 2.03. The molecule has 0 atom stereocenters. The van der Waals surface area contributed by atoms with Crippen LogP contribution in [0.4, 0.5) is 5.82 Å². The van der Waals surface area contributed by atoms with Crippen LogP contribution in [0.1, 0.15) is 46.3 Å². The SMILES string of the molecule is O=C1NCCc2c(NCCc3cn4ccccc4n3)nc(C3CC3)nc21.O=CO. The smallest absolute Gasteiger partial charge is 0.290 e. The van der Waals surface area contributed by atoms with E-state index in [4.69, 9.17) is 14.9 Å². The predicted octanol–water partition coefficient (Wildman–Crippen LogP) is 1.64. The van der Waals surface area contributed by atoms with E-state index in [0.29, 0.717) is 18.2 Å². The van der Waals surface area contributed by atoms with Crippen LogP contribution in [0.25, 0.3) is 5.65 Å². The third kappa shape index (κ3) is 4.18. The van der Waals surface area contributed by atoms with Crippen LogP contribution < -0.4 is 10.6 Å². The molecular formula is C20H22N6O3. The summed E-state index contributed by atoms with van der Waals surface area (Å²) in [4.78, 5) is 34.4. The molecule has 3 aromatic heterocycles. The molecule has 0 unspecified atom stereocenters. The molecule has 0 radical (unpaired) electrons. The first-order valence-corrected chi connectivity index (χ1v) is 9.63. The van der Waals surface area contributed by atoms with Crippen molar-refractivity contribution in [2.75, 3.05) is 18.4 Å². The van der Waals surface area contributed by atoms with E-state index >= 15 is 0 Å². The van der Waals surface area contributed by atoms with Gasteiger partial charge in [-0.2, -0.15) is 0 Å². The number of imidazole rings is 1. The number of hydrogen-bond acceptors (Lipinski definition) is 6. The number of nitrogens with zero attached hydrogens (tertiary/aromatic N) is 4. The normalized spacial score (nSPS) is 15.1. The van der Waals surface area contributed by atoms with Gasteiger partial charge in [0, 0.05) is 43.4 Å². The van der Waals surface area contributed by atoms with Crippen LogP contribution in [-0.2, 0) is 17.6 Å². The van der Waals surface area contributed by atoms with Gasteiger partial charge in [-0.3, -0.25) is 9.59 Å². The van der Waals surface area contributed by atoms with E-state index in [9.17, 15) is 4.79 Å². The lowest BCUT2D eigenvalue weighted by molar-refractivity contribution is -0.122. The molecule has 1 saturated carbocycles. The Hall–Kier alpha value is -3.49. The maximum absolute atomic E-state index is 12.2. The second-order valence-corrected chi connectivity index (χ2v) is 7.02. The Labute approximate surface area is 167 Å². The summed E-state index contributed by atoms with van der Waals surface area (Å²) >= 11 is 0. The lowest BCUT2D eigenvalue weighted by Gasteiger charge is -2.20. The number of pyridine rings is 1. The number of rotatable bonds is 5. The molecule has 0 aromatic carbocycles. The average molecular weight is 394 g/mol. The fraction of sp³-hybridized carbons (Fsp3) is 0.350. The van der Waals surface area contributed by atoms with Crippen LogP contribution in [0.3, 0.4) is 0 Å². The topological polar surface area (TPSA) is 122 Å². The number of carbonyl (C=O) groups excluding carboxylic acids is 1. The minimum atomic E-state index is -0.250. The second-order valence-electron chi connectivity index (χ2n) is 7.02. The molecular weight excluding hydrogens is 372 g/mol. The zero-order valence-electron chi connectivity index (χ0n) is 15.8. The zero-order valence-corrected chi connectivity index (χ0v) is 15.8. The highest BCUT2D eigenvalue weighted by Gasteiger charge is 2.31. The van der Waals surface area contributed by atoms with Gasteiger partial charge in [0.05, 0.1) is 5.69 Å². The number of hydrogen-bond donors (Lipinski definition) is 3. The zero-order chi connectivity index (χ0) is 20.2. The fourth-order valence-corrected chi connectivity index (χ4v) is 3.40. The van der Waals surface area contributed by atoms with Crippen LogP contribution in [0.2, 0.25) is 0 Å². The van der Waals surface area contributed by atoms with E-state index in [1.807, 2.05) is 28.8 Å². The lowest BCUT2D eigenvalue weighted by Crippen LogP contribution is -2.34. The van der Waals surface area contributed by atoms with E-state index in [0.717, 1.165) is 60.8 Å². The first kappa shape index (κ1) is 18.9. The molecule has 3 N–H and O–H groups in total. The van der Waals surface area contributed by atoms with E-state index < -0.39 is 0 Å². The van der Waals surface area contributed by atoms with Gasteiger partial charge >= 0.3 is 0 Å². The molecule has 150 valence electrons. The number of anilines is 1. The van der Waals surface area contributed by atoms with Crippen LogP contribution in [0, 0.1) is 0 Å². The summed E-state index contributed by atoms with van der Waals surface area (Å²) in [5.74, 6) is 1.94. The summed E-state index contributed by atoms with van der Waals surface area (Å²) in [7, 11) is 0. The van der Waals surface area contributed by atoms with Crippen LogP contribution in [0.15, 0.2) is 30.6 Å². The molecule has 5 rings (SSSR count). The molecule has 0 spiro atoms. The second kappa shape index (κ2) is 8.26. The van der Waals surface area contributed by atoms with Crippen molar-refractivity contribution in [1.82, 2.24) is 24.7 Å². The molecule has 1 aliphatic carbocycles. The van der Waals surface area contributed by atoms with Crippen LogP contribution in [-0.4, -0.2) is 49.9 Å². The van der Waals surface area contributed by atoms with Gasteiger partial charge in [0.15, 0.2) is 0 Å². The van der Waals surface area contributed by atoms with E-state index in [2.05, 4.69) is 26.8 Å². The Morgan fingerprint density at radius 1 is 1.28 bits per heavy atom. The highest BCUT2D eigenvalue weighted by Crippen LogP contribution is 2.39. The average Bonchev–Trinajstić information content (AvgIpc) is 3.48. The van der Waals surface area contributed by atoms with Gasteiger partial charge in [0.1, 0.15) is 23.0 Å². The number of nitrogens with one attached hydrogen (secondary N) is 2. The number of carbonyl (C=O) groups is 2. The Balaban J connectivity index is 0.000000645. The highest BCUT2D eigenvalue weighted by atomic mass is 16.3. The first-order chi connectivity index (χ1) is 14.2. The quantitative estimate of drug-likeness (QED) is 0.563. The Kier molecular flexibility index (Phi) is 5.37. The minimum Gasteiger partial charge on any atom is -0.483 e. The van der Waals surface area contributed by atoms with Gasteiger partial charge < -0.3 is 20.1 Å². The van der Waals surface area contributed by atoms with E-state index in [-0.39, 0.29) is 12.4 Å². The van der Waals surface area contributed by atoms with Gasteiger partial charge in [-0.25, -0.2) is 15.0 Å². The summed E-state index contributed by atoms with van der Waals surface area (Å²) in [6, 6.07) is 5.98. The van der Waals surface area contributed by atoms with Crippen molar-refractivity contribution in [3.8, 4) is 0 Å². The Morgan fingerprint density at radius 2 is 2.10 bits per heavy atom. The third-order valence-electron chi connectivity index (χ3n) is 4.93. The van der Waals surface area contributed by atoms with Crippen molar-refractivity contribution in [3.63, 3.8) is 0 Å². The van der Waals surface area contributed by atoms with Gasteiger partial charge in [-0.1, -0.05) is 6.07 Å². The molecule has 9 nitrogen and oxygen atoms in total. The van der Waals surface area contributed by atoms with Gasteiger partial charge in [0.2, 0.25) is 0 Å². The van der Waals surface area contributed by atoms with E-state index in [1.165, 1.54) is 0 Å². The molecule has 1 amide bonds. The molecule has 4 heterocycles. The summed E-state index contributed by atoms with van der Waals surface area (Å²) in [6.07, 6.45) is 7.84. The largest absolute Gasteiger partial charge is 0.483 e. The number of fused-ring (bicyclic) bond motifs is 2. The van der Waals surface area contributed by atoms with Crippen molar-refractivity contribution in [1.29, 1.82) is 0 Å². The lowest BCUT2D eigenvalue weighted by atomic mass is 10.1. The van der Waals surface area contributed by atoms with Crippen LogP contribution in [0.5, 0.6) is 0 Å². The first-order valence-electron chi connectivity index (χ1n) is 9.63. The maximum Gasteiger partial charge on any atom is 0.290 e. The predicted molar refractivity (Wildman–Crippen MR) is 106 cm³/mol. The highest BCUT2D eigenvalue weighted by molar-refractivity contribution is 5.96. The third-order valence-corrected chi connectivity index (χ3v) is 4.93. The molecule has 3 aromatic rings. The molecule has 2 aliphatic rings. The monoisotopic (exact) mass is 394 g/mol. The molecule has 9 heteroatoms. The Bertz CT molecular complexity index is 1010. The number of aromatic nitrogens is 4. The van der Waals surface area contributed by atoms with Crippen molar-refractivity contribution in [2.45, 2.75) is 31.6 Å². The molecule has 1 fully saturated rings. The minimum absolute atomic E-state index is 0.0843. The number of amides is 1. The summed E-state index contributed by atoms with van der Waals surface area (Å²) in [6.45, 7) is 1.11. The van der Waals surface area contributed by atoms with Crippen LogP contribution >= 0.6 is 0 Å². The summed E-state index contributed by atoms with van der Waals surface area (Å²) in [5.41, 5.74) is 3.47. The molecule has 1 aliphatic heterocycles.